The summed E-state index contributed by atoms with van der Waals surface area (Å²) in [5.41, 5.74) is 7.45. The summed E-state index contributed by atoms with van der Waals surface area (Å²) in [6, 6.07) is 13.0. The highest BCUT2D eigenvalue weighted by Crippen LogP contribution is 2.37. The molecule has 3 nitrogen and oxygen atoms in total. The van der Waals surface area contributed by atoms with Crippen molar-refractivity contribution in [1.29, 1.82) is 0 Å². The fourth-order valence-corrected chi connectivity index (χ4v) is 3.76. The van der Waals surface area contributed by atoms with E-state index in [2.05, 4.69) is 48.2 Å². The number of benzene rings is 2. The highest BCUT2D eigenvalue weighted by molar-refractivity contribution is 5.88. The number of hydrogen-bond donors (Lipinski definition) is 1. The quantitative estimate of drug-likeness (QED) is 0.937. The highest BCUT2D eigenvalue weighted by atomic mass is 16.5. The lowest BCUT2D eigenvalue weighted by molar-refractivity contribution is 0.132. The van der Waals surface area contributed by atoms with Gasteiger partial charge in [0.05, 0.1) is 13.2 Å². The van der Waals surface area contributed by atoms with E-state index < -0.39 is 0 Å². The molecule has 0 spiro atoms. The van der Waals surface area contributed by atoms with Gasteiger partial charge < -0.3 is 10.5 Å². The van der Waals surface area contributed by atoms with Crippen LogP contribution < -0.4 is 10.5 Å². The van der Waals surface area contributed by atoms with Gasteiger partial charge in [0, 0.05) is 18.7 Å². The predicted octanol–water partition coefficient (Wildman–Crippen LogP) is 3.58. The third-order valence-electron chi connectivity index (χ3n) is 4.84. The molecule has 0 radical (unpaired) electrons. The van der Waals surface area contributed by atoms with E-state index in [1.165, 1.54) is 29.2 Å². The molecule has 2 aromatic carbocycles. The van der Waals surface area contributed by atoms with Gasteiger partial charge in [0.2, 0.25) is 0 Å². The normalized spacial score (nSPS) is 21.0. The minimum Gasteiger partial charge on any atom is -0.496 e. The summed E-state index contributed by atoms with van der Waals surface area (Å²) in [5.74, 6) is 1.69. The van der Waals surface area contributed by atoms with Gasteiger partial charge >= 0.3 is 0 Å². The van der Waals surface area contributed by atoms with Crippen LogP contribution in [0, 0.1) is 5.92 Å². The van der Waals surface area contributed by atoms with E-state index in [0.717, 1.165) is 24.8 Å². The average Bonchev–Trinajstić information content (AvgIpc) is 2.56. The van der Waals surface area contributed by atoms with Gasteiger partial charge in [-0.2, -0.15) is 0 Å². The van der Waals surface area contributed by atoms with E-state index in [-0.39, 0.29) is 6.04 Å². The maximum absolute atomic E-state index is 6.20. The second-order valence-electron chi connectivity index (χ2n) is 6.40. The van der Waals surface area contributed by atoms with Crippen LogP contribution in [0.25, 0.3) is 10.8 Å². The Labute approximate surface area is 133 Å². The summed E-state index contributed by atoms with van der Waals surface area (Å²) in [6.07, 6.45) is 2.57. The minimum absolute atomic E-state index is 0.226. The van der Waals surface area contributed by atoms with Crippen molar-refractivity contribution in [3.8, 4) is 5.75 Å². The Morgan fingerprint density at radius 1 is 1.27 bits per heavy atom. The molecular weight excluding hydrogens is 272 g/mol. The molecule has 0 aliphatic carbocycles. The third kappa shape index (κ3) is 2.83. The summed E-state index contributed by atoms with van der Waals surface area (Å²) >= 11 is 0. The summed E-state index contributed by atoms with van der Waals surface area (Å²) in [5, 5.41) is 2.51. The molecule has 0 saturated carbocycles. The van der Waals surface area contributed by atoms with Crippen LogP contribution in [-0.4, -0.2) is 31.6 Å². The van der Waals surface area contributed by atoms with Gasteiger partial charge in [-0.1, -0.05) is 37.3 Å². The lowest BCUT2D eigenvalue weighted by Crippen LogP contribution is -2.40. The van der Waals surface area contributed by atoms with Crippen LogP contribution in [0.4, 0.5) is 0 Å². The zero-order valence-electron chi connectivity index (χ0n) is 13.6. The second-order valence-corrected chi connectivity index (χ2v) is 6.40. The number of nitrogens with two attached hydrogens (primary N) is 1. The topological polar surface area (TPSA) is 38.5 Å². The molecule has 2 atom stereocenters. The first-order chi connectivity index (χ1) is 10.7. The fraction of sp³-hybridized carbons (Fsp3) is 0.474. The van der Waals surface area contributed by atoms with E-state index in [4.69, 9.17) is 10.5 Å². The number of hydrogen-bond acceptors (Lipinski definition) is 3. The van der Waals surface area contributed by atoms with E-state index >= 15 is 0 Å². The molecule has 1 aliphatic heterocycles. The van der Waals surface area contributed by atoms with Crippen molar-refractivity contribution in [2.75, 3.05) is 26.7 Å². The number of nitrogens with zero attached hydrogens (tertiary/aromatic N) is 1. The van der Waals surface area contributed by atoms with Crippen LogP contribution in [0.15, 0.2) is 36.4 Å². The van der Waals surface area contributed by atoms with Crippen LogP contribution in [0.3, 0.4) is 0 Å². The van der Waals surface area contributed by atoms with Crippen molar-refractivity contribution >= 4 is 10.8 Å². The largest absolute Gasteiger partial charge is 0.496 e. The Bertz CT molecular complexity index is 640. The number of rotatable bonds is 4. The highest BCUT2D eigenvalue weighted by Gasteiger charge is 2.27. The van der Waals surface area contributed by atoms with E-state index in [0.29, 0.717) is 6.54 Å². The molecule has 1 fully saturated rings. The maximum Gasteiger partial charge on any atom is 0.124 e. The maximum atomic E-state index is 6.20. The van der Waals surface area contributed by atoms with Gasteiger partial charge in [-0.3, -0.25) is 4.90 Å². The van der Waals surface area contributed by atoms with Crippen molar-refractivity contribution in [2.24, 2.45) is 11.7 Å². The molecule has 0 aromatic heterocycles. The molecule has 22 heavy (non-hydrogen) atoms. The molecule has 3 heteroatoms. The fourth-order valence-electron chi connectivity index (χ4n) is 3.76. The number of fused-ring (bicyclic) bond motifs is 1. The molecule has 1 heterocycles. The second kappa shape index (κ2) is 6.67. The van der Waals surface area contributed by atoms with Crippen LogP contribution in [0.2, 0.25) is 0 Å². The van der Waals surface area contributed by atoms with Gasteiger partial charge in [0.25, 0.3) is 0 Å². The summed E-state index contributed by atoms with van der Waals surface area (Å²) in [6.45, 7) is 5.20. The monoisotopic (exact) mass is 298 g/mol. The lowest BCUT2D eigenvalue weighted by atomic mass is 9.92. The first kappa shape index (κ1) is 15.3. The predicted molar refractivity (Wildman–Crippen MR) is 92.3 cm³/mol. The molecule has 1 aliphatic rings. The van der Waals surface area contributed by atoms with Gasteiger partial charge in [-0.25, -0.2) is 0 Å². The molecule has 118 valence electrons. The van der Waals surface area contributed by atoms with Crippen molar-refractivity contribution in [3.05, 3.63) is 42.0 Å². The van der Waals surface area contributed by atoms with Crippen LogP contribution >= 0.6 is 0 Å². The van der Waals surface area contributed by atoms with Gasteiger partial charge in [0.15, 0.2) is 0 Å². The third-order valence-corrected chi connectivity index (χ3v) is 4.84. The molecule has 2 N–H and O–H groups in total. The van der Waals surface area contributed by atoms with E-state index in [1.54, 1.807) is 7.11 Å². The smallest absolute Gasteiger partial charge is 0.124 e. The standard InChI is InChI=1S/C19H26N2O/c1-14-6-5-11-21(13-14)17(12-20)19-16-8-4-3-7-15(16)9-10-18(19)22-2/h3-4,7-10,14,17H,5-6,11-13,20H2,1-2H3. The zero-order chi connectivity index (χ0) is 15.5. The molecule has 0 amide bonds. The van der Waals surface area contributed by atoms with Crippen molar-refractivity contribution in [2.45, 2.75) is 25.8 Å². The Kier molecular flexibility index (Phi) is 4.65. The molecule has 0 bridgehead atoms. The summed E-state index contributed by atoms with van der Waals surface area (Å²) in [4.78, 5) is 2.54. The summed E-state index contributed by atoms with van der Waals surface area (Å²) < 4.78 is 5.67. The van der Waals surface area contributed by atoms with Crippen molar-refractivity contribution in [1.82, 2.24) is 4.90 Å². The SMILES string of the molecule is COc1ccc2ccccc2c1C(CN)N1CCCC(C)C1. The van der Waals surface area contributed by atoms with Crippen LogP contribution in [0.5, 0.6) is 5.75 Å². The molecule has 2 unspecified atom stereocenters. The van der Waals surface area contributed by atoms with E-state index in [9.17, 15) is 0 Å². The number of likely N-dealkylation sites (tertiary alicyclic amines) is 1. The van der Waals surface area contributed by atoms with Crippen LogP contribution in [-0.2, 0) is 0 Å². The van der Waals surface area contributed by atoms with Crippen molar-refractivity contribution in [3.63, 3.8) is 0 Å². The lowest BCUT2D eigenvalue weighted by Gasteiger charge is -2.38. The first-order valence-electron chi connectivity index (χ1n) is 8.24. The molecule has 1 saturated heterocycles. The summed E-state index contributed by atoms with van der Waals surface area (Å²) in [7, 11) is 1.75. The minimum atomic E-state index is 0.226. The molecular formula is C19H26N2O. The van der Waals surface area contributed by atoms with Crippen LogP contribution in [0.1, 0.15) is 31.4 Å². The number of ether oxygens (including phenoxy) is 1. The molecule has 3 rings (SSSR count). The Morgan fingerprint density at radius 2 is 2.09 bits per heavy atom. The Balaban J connectivity index is 2.08. The number of methoxy groups -OCH3 is 1. The van der Waals surface area contributed by atoms with E-state index in [1.807, 2.05) is 0 Å². The first-order valence-corrected chi connectivity index (χ1v) is 8.24. The van der Waals surface area contributed by atoms with Gasteiger partial charge in [-0.05, 0) is 42.1 Å². The van der Waals surface area contributed by atoms with Crippen molar-refractivity contribution < 1.29 is 4.74 Å². The Hall–Kier alpha value is -1.58. The molecule has 2 aromatic rings. The van der Waals surface area contributed by atoms with Gasteiger partial charge in [0.1, 0.15) is 5.75 Å². The zero-order valence-corrected chi connectivity index (χ0v) is 13.6. The average molecular weight is 298 g/mol. The Morgan fingerprint density at radius 3 is 2.82 bits per heavy atom. The van der Waals surface area contributed by atoms with Gasteiger partial charge in [-0.15, -0.1) is 0 Å². The number of piperidine rings is 1.